The number of carbonyl (C=O) groups excluding carboxylic acids is 6. The van der Waals surface area contributed by atoms with Crippen molar-refractivity contribution in [1.82, 2.24) is 30.2 Å². The van der Waals surface area contributed by atoms with Crippen LogP contribution in [0.25, 0.3) is 0 Å². The number of fused-ring (bicyclic) bond motifs is 2. The fourth-order valence-corrected chi connectivity index (χ4v) is 8.73. The van der Waals surface area contributed by atoms with Gasteiger partial charge in [0.1, 0.15) is 48.9 Å². The average Bonchev–Trinajstić information content (AvgIpc) is 3.84. The molecule has 3 saturated heterocycles. The van der Waals surface area contributed by atoms with Crippen LogP contribution < -0.4 is 20.1 Å². The Kier molecular flexibility index (Phi) is 15.5. The van der Waals surface area contributed by atoms with Crippen LogP contribution in [0.1, 0.15) is 80.3 Å². The van der Waals surface area contributed by atoms with Gasteiger partial charge in [-0.2, -0.15) is 0 Å². The first-order valence-corrected chi connectivity index (χ1v) is 22.8. The maximum atomic E-state index is 14.8. The smallest absolute Gasteiger partial charge is 0.255 e. The molecule has 2 N–H and O–H groups in total. The van der Waals surface area contributed by atoms with Gasteiger partial charge in [0.05, 0.1) is 39.5 Å². The Morgan fingerprint density at radius 3 is 1.75 bits per heavy atom. The molecule has 0 aromatic heterocycles. The summed E-state index contributed by atoms with van der Waals surface area (Å²) < 4.78 is 52.0. The molecular formula is C50H54F2N6O10. The van der Waals surface area contributed by atoms with E-state index in [4.69, 9.17) is 18.9 Å². The molecule has 18 heteroatoms. The summed E-state index contributed by atoms with van der Waals surface area (Å²) in [5.74, 6) is -2.01. The van der Waals surface area contributed by atoms with E-state index in [1.807, 2.05) is 12.1 Å². The maximum Gasteiger partial charge on any atom is 0.255 e. The number of imide groups is 2. The van der Waals surface area contributed by atoms with Crippen molar-refractivity contribution in [1.29, 1.82) is 0 Å². The van der Waals surface area contributed by atoms with Crippen LogP contribution in [0.2, 0.25) is 0 Å². The zero-order valence-electron chi connectivity index (χ0n) is 37.9. The molecular weight excluding hydrogens is 883 g/mol. The second-order valence-electron chi connectivity index (χ2n) is 17.2. The number of piperidine rings is 1. The highest BCUT2D eigenvalue weighted by Gasteiger charge is 2.40. The van der Waals surface area contributed by atoms with Crippen molar-refractivity contribution in [3.8, 4) is 11.5 Å². The van der Waals surface area contributed by atoms with Crippen molar-refractivity contribution < 1.29 is 56.5 Å². The number of nitrogens with zero attached hydrogens (tertiary/aromatic N) is 4. The van der Waals surface area contributed by atoms with Crippen LogP contribution in [-0.4, -0.2) is 120 Å². The fourth-order valence-electron chi connectivity index (χ4n) is 8.73. The first kappa shape index (κ1) is 47.9. The number of hydrogen-bond donors (Lipinski definition) is 2. The number of carbonyl (C=O) groups is 6. The molecule has 9 rings (SSSR count). The molecule has 5 aliphatic heterocycles. The van der Waals surface area contributed by atoms with E-state index in [-0.39, 0.29) is 75.0 Å². The first-order valence-electron chi connectivity index (χ1n) is 22.8. The standard InChI is InChI=1S/C25H26FN3O5.C25H28FN3O5/c26-20-12-16(13-28-8-10-33-11-9-28)4-5-17(20)15-34-22-3-1-2-18-19(22)14-29(25(18)32)21-6-7-23(30)27-24(21)31;1-2-23(30)27-24(31)15-29-14-20-19(25(29)32)4-3-5-22(20)34-16-18-7-6-17(12-21(18)26)13-28-8-10-33-11-9-28/h1-5,12,21H,6-11,13-15H2,(H,27,30,31);3-7,12H,2,8-11,13-16H2,1H3,(H,27,30,31). The lowest BCUT2D eigenvalue weighted by atomic mass is 10.0. The Hall–Kier alpha value is -6.60. The number of ether oxygens (including phenoxy) is 4. The normalized spacial score (nSPS) is 18.4. The Bertz CT molecular complexity index is 2560. The molecule has 4 aromatic carbocycles. The Labute approximate surface area is 392 Å². The van der Waals surface area contributed by atoms with Crippen molar-refractivity contribution in [2.24, 2.45) is 0 Å². The summed E-state index contributed by atoms with van der Waals surface area (Å²) in [4.78, 5) is 80.1. The molecule has 4 aromatic rings. The Morgan fingerprint density at radius 1 is 0.706 bits per heavy atom. The van der Waals surface area contributed by atoms with E-state index in [1.54, 1.807) is 55.5 Å². The van der Waals surface area contributed by atoms with Gasteiger partial charge in [0, 0.05) is 85.5 Å². The molecule has 5 aliphatic rings. The van der Waals surface area contributed by atoms with E-state index < -0.39 is 23.8 Å². The van der Waals surface area contributed by atoms with E-state index >= 15 is 0 Å². The number of benzene rings is 4. The van der Waals surface area contributed by atoms with Crippen LogP contribution in [0.4, 0.5) is 8.78 Å². The van der Waals surface area contributed by atoms with Gasteiger partial charge in [-0.3, -0.25) is 49.2 Å². The van der Waals surface area contributed by atoms with Crippen LogP contribution in [0, 0.1) is 11.6 Å². The summed E-state index contributed by atoms with van der Waals surface area (Å²) in [6.07, 6.45) is 0.673. The van der Waals surface area contributed by atoms with Crippen molar-refractivity contribution >= 4 is 35.4 Å². The van der Waals surface area contributed by atoms with E-state index in [0.717, 1.165) is 37.3 Å². The molecule has 0 aliphatic carbocycles. The highest BCUT2D eigenvalue weighted by Crippen LogP contribution is 2.35. The van der Waals surface area contributed by atoms with Crippen LogP contribution in [0.15, 0.2) is 72.8 Å². The molecule has 0 saturated carbocycles. The van der Waals surface area contributed by atoms with Crippen LogP contribution in [0.3, 0.4) is 0 Å². The second-order valence-corrected chi connectivity index (χ2v) is 17.2. The summed E-state index contributed by atoms with van der Waals surface area (Å²) in [7, 11) is 0. The molecule has 1 unspecified atom stereocenters. The van der Waals surface area contributed by atoms with E-state index in [2.05, 4.69) is 20.4 Å². The van der Waals surface area contributed by atoms with Crippen molar-refractivity contribution in [2.45, 2.75) is 71.6 Å². The van der Waals surface area contributed by atoms with Gasteiger partial charge in [-0.25, -0.2) is 8.78 Å². The van der Waals surface area contributed by atoms with Crippen LogP contribution in [-0.2, 0) is 68.0 Å². The van der Waals surface area contributed by atoms with Gasteiger partial charge >= 0.3 is 0 Å². The van der Waals surface area contributed by atoms with Gasteiger partial charge in [0.2, 0.25) is 23.6 Å². The monoisotopic (exact) mass is 936 g/mol. The average molecular weight is 937 g/mol. The topological polar surface area (TPSA) is 176 Å². The minimum atomic E-state index is -0.693. The Balaban J connectivity index is 0.000000184. The van der Waals surface area contributed by atoms with Crippen molar-refractivity contribution in [2.75, 3.05) is 59.2 Å². The molecule has 1 atom stereocenters. The molecule has 16 nitrogen and oxygen atoms in total. The van der Waals surface area contributed by atoms with Gasteiger partial charge in [-0.05, 0) is 53.9 Å². The number of hydrogen-bond acceptors (Lipinski definition) is 12. The molecule has 0 radical (unpaired) electrons. The highest BCUT2D eigenvalue weighted by molar-refractivity contribution is 6.06. The highest BCUT2D eigenvalue weighted by atomic mass is 19.1. The van der Waals surface area contributed by atoms with Crippen molar-refractivity contribution in [3.05, 3.63) is 129 Å². The summed E-state index contributed by atoms with van der Waals surface area (Å²) in [5, 5.41) is 4.54. The van der Waals surface area contributed by atoms with E-state index in [0.29, 0.717) is 90.8 Å². The third-order valence-corrected chi connectivity index (χ3v) is 12.5. The minimum Gasteiger partial charge on any atom is -0.488 e. The molecule has 5 heterocycles. The van der Waals surface area contributed by atoms with E-state index in [9.17, 15) is 37.5 Å². The molecule has 3 fully saturated rings. The lowest BCUT2D eigenvalue weighted by molar-refractivity contribution is -0.137. The summed E-state index contributed by atoms with van der Waals surface area (Å²) in [6.45, 7) is 9.28. The third kappa shape index (κ3) is 11.6. The number of morpholine rings is 2. The quantitative estimate of drug-likeness (QED) is 0.172. The minimum absolute atomic E-state index is 0.0137. The van der Waals surface area contributed by atoms with Gasteiger partial charge < -0.3 is 28.7 Å². The molecule has 358 valence electrons. The summed E-state index contributed by atoms with van der Waals surface area (Å²) in [5.41, 5.74) is 4.85. The van der Waals surface area contributed by atoms with Gasteiger partial charge in [0.15, 0.2) is 0 Å². The van der Waals surface area contributed by atoms with Gasteiger partial charge in [0.25, 0.3) is 11.8 Å². The predicted octanol–water partition coefficient (Wildman–Crippen LogP) is 4.24. The number of rotatable bonds is 14. The van der Waals surface area contributed by atoms with E-state index in [1.165, 1.54) is 21.9 Å². The lowest BCUT2D eigenvalue weighted by Crippen LogP contribution is -2.52. The van der Waals surface area contributed by atoms with Gasteiger partial charge in [-0.1, -0.05) is 43.3 Å². The Morgan fingerprint density at radius 2 is 1.24 bits per heavy atom. The zero-order valence-corrected chi connectivity index (χ0v) is 37.9. The number of halogens is 2. The molecule has 0 bridgehead atoms. The van der Waals surface area contributed by atoms with Crippen molar-refractivity contribution in [3.63, 3.8) is 0 Å². The number of amides is 6. The largest absolute Gasteiger partial charge is 0.488 e. The lowest BCUT2D eigenvalue weighted by Gasteiger charge is -2.29. The molecule has 68 heavy (non-hydrogen) atoms. The zero-order chi connectivity index (χ0) is 47.7. The summed E-state index contributed by atoms with van der Waals surface area (Å²) in [6, 6.07) is 19.9. The SMILES string of the molecule is CCC(=O)NC(=O)CN1Cc2c(OCc3ccc(CN4CCOCC4)cc3F)cccc2C1=O.O=C1CCC(N2Cc3c(OCc4ccc(CN5CCOCC5)cc4F)cccc3C2=O)C(=O)N1. The maximum absolute atomic E-state index is 14.8. The molecule has 0 spiro atoms. The summed E-state index contributed by atoms with van der Waals surface area (Å²) >= 11 is 0. The van der Waals surface area contributed by atoms with Crippen LogP contribution in [0.5, 0.6) is 11.5 Å². The molecule has 6 amide bonds. The second kappa shape index (κ2) is 22.0. The third-order valence-electron chi connectivity index (χ3n) is 12.5. The number of nitrogens with one attached hydrogen (secondary N) is 2. The van der Waals surface area contributed by atoms with Crippen LogP contribution >= 0.6 is 0 Å². The fraction of sp³-hybridized carbons (Fsp3) is 0.400. The predicted molar refractivity (Wildman–Crippen MR) is 241 cm³/mol. The van der Waals surface area contributed by atoms with Gasteiger partial charge in [-0.15, -0.1) is 0 Å². The first-order chi connectivity index (χ1) is 32.9.